The largest absolute Gasteiger partial charge is 0.385 e. The van der Waals surface area contributed by atoms with Crippen LogP contribution in [0.5, 0.6) is 0 Å². The van der Waals surface area contributed by atoms with Crippen LogP contribution in [0.15, 0.2) is 11.6 Å². The fourth-order valence-electron chi connectivity index (χ4n) is 1.10. The summed E-state index contributed by atoms with van der Waals surface area (Å²) in [5.41, 5.74) is 0.224. The van der Waals surface area contributed by atoms with E-state index >= 15 is 0 Å². The molecule has 0 aromatic carbocycles. The van der Waals surface area contributed by atoms with Crippen molar-refractivity contribution in [3.05, 3.63) is 11.6 Å². The monoisotopic (exact) mass is 184 g/mol. The zero-order valence-electron chi connectivity index (χ0n) is 8.05. The van der Waals surface area contributed by atoms with Gasteiger partial charge in [0, 0.05) is 25.7 Å². The van der Waals surface area contributed by atoms with Gasteiger partial charge >= 0.3 is 0 Å². The Morgan fingerprint density at radius 2 is 2.23 bits per heavy atom. The van der Waals surface area contributed by atoms with Crippen LogP contribution in [0.25, 0.3) is 0 Å². The quantitative estimate of drug-likeness (QED) is 0.513. The van der Waals surface area contributed by atoms with Gasteiger partial charge in [-0.1, -0.05) is 5.57 Å². The molecule has 0 bridgehead atoms. The number of rotatable bonds is 3. The van der Waals surface area contributed by atoms with E-state index in [2.05, 4.69) is 10.6 Å². The fraction of sp³-hybridized carbons (Fsp3) is 0.667. The topological polar surface area (TPSA) is 61.4 Å². The third-order valence-electron chi connectivity index (χ3n) is 1.92. The van der Waals surface area contributed by atoms with Crippen LogP contribution in [-0.4, -0.2) is 36.2 Å². The molecule has 1 aliphatic rings. The molecule has 0 atom stereocenters. The van der Waals surface area contributed by atoms with Crippen LogP contribution in [0, 0.1) is 0 Å². The van der Waals surface area contributed by atoms with Crippen molar-refractivity contribution in [1.29, 1.82) is 0 Å². The molecule has 0 aliphatic carbocycles. The van der Waals surface area contributed by atoms with Crippen LogP contribution >= 0.6 is 0 Å². The highest BCUT2D eigenvalue weighted by Gasteiger charge is 2.34. The lowest BCUT2D eigenvalue weighted by molar-refractivity contribution is -0.118. The van der Waals surface area contributed by atoms with Gasteiger partial charge in [-0.15, -0.1) is 0 Å². The van der Waals surface area contributed by atoms with Crippen molar-refractivity contribution in [3.63, 3.8) is 0 Å². The lowest BCUT2D eigenvalue weighted by Crippen LogP contribution is -2.64. The normalized spacial score (nSPS) is 18.7. The summed E-state index contributed by atoms with van der Waals surface area (Å²) in [5, 5.41) is 15.2. The summed E-state index contributed by atoms with van der Waals surface area (Å²) in [7, 11) is 0. The Hall–Kier alpha value is -0.870. The average Bonchev–Trinajstić information content (AvgIpc) is 1.96. The van der Waals surface area contributed by atoms with Gasteiger partial charge in [0.15, 0.2) is 0 Å². The summed E-state index contributed by atoms with van der Waals surface area (Å²) in [6.07, 6.45) is 1.52. The Morgan fingerprint density at radius 1 is 1.62 bits per heavy atom. The first kappa shape index (κ1) is 10.2. The Kier molecular flexibility index (Phi) is 3.06. The molecule has 1 saturated heterocycles. The number of β-amino-alcohol motifs (C(OH)–C–C–N with tert-alkyl or cyclic N) is 1. The molecule has 74 valence electrons. The van der Waals surface area contributed by atoms with Crippen molar-refractivity contribution in [2.45, 2.75) is 19.4 Å². The first-order valence-corrected chi connectivity index (χ1v) is 4.38. The van der Waals surface area contributed by atoms with Crippen LogP contribution in [0.4, 0.5) is 0 Å². The highest BCUT2D eigenvalue weighted by molar-refractivity contribution is 5.88. The maximum Gasteiger partial charge on any atom is 0.244 e. The summed E-state index contributed by atoms with van der Waals surface area (Å²) < 4.78 is 0. The highest BCUT2D eigenvalue weighted by Crippen LogP contribution is 2.07. The summed E-state index contributed by atoms with van der Waals surface area (Å²) in [5.74, 6) is -0.139. The fourth-order valence-corrected chi connectivity index (χ4v) is 1.10. The van der Waals surface area contributed by atoms with Gasteiger partial charge in [0.1, 0.15) is 5.60 Å². The van der Waals surface area contributed by atoms with Gasteiger partial charge in [-0.05, 0) is 13.8 Å². The Labute approximate surface area is 78.0 Å². The van der Waals surface area contributed by atoms with E-state index in [-0.39, 0.29) is 5.91 Å². The molecule has 0 aromatic rings. The van der Waals surface area contributed by atoms with E-state index in [4.69, 9.17) is 0 Å². The van der Waals surface area contributed by atoms with Gasteiger partial charge in [0.25, 0.3) is 0 Å². The molecule has 1 heterocycles. The minimum absolute atomic E-state index is 0.139. The molecule has 1 amide bonds. The summed E-state index contributed by atoms with van der Waals surface area (Å²) in [6, 6.07) is 0. The number of aliphatic hydroxyl groups is 1. The predicted octanol–water partition coefficient (Wildman–Crippen LogP) is -0.597. The van der Waals surface area contributed by atoms with Crippen LogP contribution in [0.3, 0.4) is 0 Å². The summed E-state index contributed by atoms with van der Waals surface area (Å²) >= 11 is 0. The maximum absolute atomic E-state index is 11.1. The number of allylic oxidation sites excluding steroid dienone is 1. The second kappa shape index (κ2) is 3.89. The van der Waals surface area contributed by atoms with Gasteiger partial charge in [0.05, 0.1) is 0 Å². The van der Waals surface area contributed by atoms with Crippen LogP contribution in [0.2, 0.25) is 0 Å². The molecular weight excluding hydrogens is 168 g/mol. The third-order valence-corrected chi connectivity index (χ3v) is 1.92. The second-order valence-corrected chi connectivity index (χ2v) is 3.77. The van der Waals surface area contributed by atoms with Gasteiger partial charge < -0.3 is 15.7 Å². The molecule has 0 saturated carbocycles. The third kappa shape index (κ3) is 3.16. The smallest absolute Gasteiger partial charge is 0.244 e. The van der Waals surface area contributed by atoms with E-state index in [1.54, 1.807) is 0 Å². The number of hydrogen-bond donors (Lipinski definition) is 3. The van der Waals surface area contributed by atoms with E-state index in [1.165, 1.54) is 6.08 Å². The van der Waals surface area contributed by atoms with Gasteiger partial charge in [-0.3, -0.25) is 4.79 Å². The first-order chi connectivity index (χ1) is 6.02. The van der Waals surface area contributed by atoms with E-state index < -0.39 is 5.60 Å². The van der Waals surface area contributed by atoms with Gasteiger partial charge in [0.2, 0.25) is 5.91 Å². The Morgan fingerprint density at radius 3 is 2.62 bits per heavy atom. The lowest BCUT2D eigenvalue weighted by Gasteiger charge is -2.37. The SMILES string of the molecule is CC(C)=CC(=O)NCC1(O)CNC1. The van der Waals surface area contributed by atoms with Crippen LogP contribution < -0.4 is 10.6 Å². The van der Waals surface area contributed by atoms with Crippen molar-refractivity contribution < 1.29 is 9.90 Å². The Bertz CT molecular complexity index is 228. The molecule has 1 rings (SSSR count). The lowest BCUT2D eigenvalue weighted by atomic mass is 9.97. The highest BCUT2D eigenvalue weighted by atomic mass is 16.3. The standard InChI is InChI=1S/C9H16N2O2/c1-7(2)3-8(12)11-6-9(13)4-10-5-9/h3,10,13H,4-6H2,1-2H3,(H,11,12). The van der Waals surface area contributed by atoms with E-state index in [0.717, 1.165) is 5.57 Å². The first-order valence-electron chi connectivity index (χ1n) is 4.38. The van der Waals surface area contributed by atoms with Crippen molar-refractivity contribution >= 4 is 5.91 Å². The minimum Gasteiger partial charge on any atom is -0.385 e. The number of amides is 1. The van der Waals surface area contributed by atoms with Crippen molar-refractivity contribution in [2.24, 2.45) is 0 Å². The number of carbonyl (C=O) groups excluding carboxylic acids is 1. The van der Waals surface area contributed by atoms with Crippen LogP contribution in [0.1, 0.15) is 13.8 Å². The van der Waals surface area contributed by atoms with E-state index in [9.17, 15) is 9.90 Å². The number of nitrogens with one attached hydrogen (secondary N) is 2. The molecule has 3 N–H and O–H groups in total. The second-order valence-electron chi connectivity index (χ2n) is 3.77. The molecule has 0 aromatic heterocycles. The van der Waals surface area contributed by atoms with Gasteiger partial charge in [-0.2, -0.15) is 0 Å². The maximum atomic E-state index is 11.1. The molecule has 13 heavy (non-hydrogen) atoms. The van der Waals surface area contributed by atoms with Crippen LogP contribution in [-0.2, 0) is 4.79 Å². The van der Waals surface area contributed by atoms with Crippen molar-refractivity contribution in [1.82, 2.24) is 10.6 Å². The summed E-state index contributed by atoms with van der Waals surface area (Å²) in [4.78, 5) is 11.1. The molecule has 4 heteroatoms. The predicted molar refractivity (Wildman–Crippen MR) is 50.3 cm³/mol. The van der Waals surface area contributed by atoms with Crippen molar-refractivity contribution in [3.8, 4) is 0 Å². The molecule has 4 nitrogen and oxygen atoms in total. The zero-order chi connectivity index (χ0) is 9.90. The minimum atomic E-state index is -0.731. The number of carbonyl (C=O) groups is 1. The summed E-state index contributed by atoms with van der Waals surface area (Å²) in [6.45, 7) is 5.16. The zero-order valence-corrected chi connectivity index (χ0v) is 8.05. The average molecular weight is 184 g/mol. The van der Waals surface area contributed by atoms with Crippen molar-refractivity contribution in [2.75, 3.05) is 19.6 Å². The van der Waals surface area contributed by atoms with E-state index in [0.29, 0.717) is 19.6 Å². The molecule has 1 fully saturated rings. The Balaban J connectivity index is 2.26. The molecule has 0 radical (unpaired) electrons. The number of hydrogen-bond acceptors (Lipinski definition) is 3. The molecular formula is C9H16N2O2. The molecule has 1 aliphatic heterocycles. The van der Waals surface area contributed by atoms with Gasteiger partial charge in [-0.25, -0.2) is 0 Å². The molecule has 0 unspecified atom stereocenters. The molecule has 0 spiro atoms. The van der Waals surface area contributed by atoms with E-state index in [1.807, 2.05) is 13.8 Å².